The van der Waals surface area contributed by atoms with Crippen LogP contribution >= 0.6 is 0 Å². The van der Waals surface area contributed by atoms with Crippen molar-refractivity contribution in [1.29, 1.82) is 0 Å². The lowest BCUT2D eigenvalue weighted by molar-refractivity contribution is 0.444. The highest BCUT2D eigenvalue weighted by molar-refractivity contribution is 5.82. The average molecular weight is 310 g/mol. The second kappa shape index (κ2) is 4.87. The number of aromatic hydroxyl groups is 1. The first-order chi connectivity index (χ1) is 10.4. The molecule has 0 aliphatic heterocycles. The molecule has 0 amide bonds. The van der Waals surface area contributed by atoms with Gasteiger partial charge in [0, 0.05) is 11.6 Å². The Kier molecular flexibility index (Phi) is 3.13. The van der Waals surface area contributed by atoms with Gasteiger partial charge in [0.05, 0.1) is 5.39 Å². The number of benzene rings is 2. The van der Waals surface area contributed by atoms with Gasteiger partial charge in [-0.25, -0.2) is 17.6 Å². The molecule has 0 unspecified atom stereocenters. The van der Waals surface area contributed by atoms with Crippen molar-refractivity contribution < 1.29 is 27.1 Å². The monoisotopic (exact) mass is 310 g/mol. The van der Waals surface area contributed by atoms with Gasteiger partial charge in [-0.3, -0.25) is 4.79 Å². The average Bonchev–Trinajstić information content (AvgIpc) is 2.46. The third-order valence-electron chi connectivity index (χ3n) is 3.07. The van der Waals surface area contributed by atoms with E-state index in [0.29, 0.717) is 18.2 Å². The van der Waals surface area contributed by atoms with Gasteiger partial charge in [-0.1, -0.05) is 0 Å². The van der Waals surface area contributed by atoms with Crippen molar-refractivity contribution >= 4 is 11.0 Å². The van der Waals surface area contributed by atoms with Gasteiger partial charge in [0.25, 0.3) is 0 Å². The lowest BCUT2D eigenvalue weighted by Gasteiger charge is -2.07. The van der Waals surface area contributed by atoms with E-state index >= 15 is 0 Å². The van der Waals surface area contributed by atoms with Crippen LogP contribution in [0.25, 0.3) is 22.3 Å². The van der Waals surface area contributed by atoms with E-state index in [0.717, 1.165) is 12.1 Å². The molecular formula is C15H6F4O3. The molecule has 0 aliphatic carbocycles. The van der Waals surface area contributed by atoms with Crippen molar-refractivity contribution in [2.75, 3.05) is 0 Å². The molecule has 3 aromatic rings. The first kappa shape index (κ1) is 14.1. The fraction of sp³-hybridized carbons (Fsp3) is 0. The molecule has 0 radical (unpaired) electrons. The summed E-state index contributed by atoms with van der Waals surface area (Å²) in [7, 11) is 0. The molecule has 0 saturated carbocycles. The SMILES string of the molecule is O=c1c(O)c(-c2ccc(F)c(F)c2)oc2c(F)cc(F)cc12. The van der Waals surface area contributed by atoms with E-state index in [9.17, 15) is 27.5 Å². The summed E-state index contributed by atoms with van der Waals surface area (Å²) in [6, 6.07) is 3.69. The van der Waals surface area contributed by atoms with Crippen molar-refractivity contribution in [1.82, 2.24) is 0 Å². The maximum Gasteiger partial charge on any atom is 0.235 e. The molecule has 22 heavy (non-hydrogen) atoms. The van der Waals surface area contributed by atoms with Gasteiger partial charge in [0.2, 0.25) is 11.2 Å². The molecule has 1 heterocycles. The van der Waals surface area contributed by atoms with Crippen molar-refractivity contribution in [3.05, 3.63) is 63.8 Å². The zero-order valence-corrected chi connectivity index (χ0v) is 10.7. The smallest absolute Gasteiger partial charge is 0.235 e. The molecule has 3 rings (SSSR count). The molecule has 7 heteroatoms. The van der Waals surface area contributed by atoms with E-state index in [2.05, 4.69) is 0 Å². The van der Waals surface area contributed by atoms with E-state index in [-0.39, 0.29) is 5.56 Å². The molecule has 0 aliphatic rings. The normalized spacial score (nSPS) is 11.1. The Morgan fingerprint density at radius 3 is 2.32 bits per heavy atom. The maximum atomic E-state index is 13.7. The molecule has 3 nitrogen and oxygen atoms in total. The van der Waals surface area contributed by atoms with E-state index < -0.39 is 51.2 Å². The number of rotatable bonds is 1. The number of hydrogen-bond acceptors (Lipinski definition) is 3. The zero-order chi connectivity index (χ0) is 16.0. The zero-order valence-electron chi connectivity index (χ0n) is 10.7. The van der Waals surface area contributed by atoms with Crippen LogP contribution in [-0.2, 0) is 0 Å². The van der Waals surface area contributed by atoms with Crippen LogP contribution in [0.3, 0.4) is 0 Å². The molecule has 0 spiro atoms. The third-order valence-corrected chi connectivity index (χ3v) is 3.07. The summed E-state index contributed by atoms with van der Waals surface area (Å²) in [5.74, 6) is -6.04. The predicted molar refractivity (Wildman–Crippen MR) is 69.4 cm³/mol. The van der Waals surface area contributed by atoms with Crippen LogP contribution in [0.15, 0.2) is 39.5 Å². The van der Waals surface area contributed by atoms with Crippen molar-refractivity contribution in [3.8, 4) is 17.1 Å². The molecule has 0 saturated heterocycles. The number of halogens is 4. The van der Waals surface area contributed by atoms with E-state index in [1.807, 2.05) is 0 Å². The number of fused-ring (bicyclic) bond motifs is 1. The lowest BCUT2D eigenvalue weighted by atomic mass is 10.1. The highest BCUT2D eigenvalue weighted by atomic mass is 19.2. The van der Waals surface area contributed by atoms with E-state index in [4.69, 9.17) is 4.42 Å². The maximum absolute atomic E-state index is 13.7. The highest BCUT2D eigenvalue weighted by Crippen LogP contribution is 2.31. The summed E-state index contributed by atoms with van der Waals surface area (Å²) in [6.07, 6.45) is 0. The minimum Gasteiger partial charge on any atom is -0.502 e. The van der Waals surface area contributed by atoms with Gasteiger partial charge >= 0.3 is 0 Å². The Bertz CT molecular complexity index is 963. The molecule has 0 atom stereocenters. The topological polar surface area (TPSA) is 50.4 Å². The van der Waals surface area contributed by atoms with Gasteiger partial charge in [0.15, 0.2) is 28.8 Å². The standard InChI is InChI=1S/C15H6F4O3/c16-7-4-8-12(20)13(21)14(22-15(8)11(19)5-7)6-1-2-9(17)10(18)3-6/h1-5,21H. The van der Waals surface area contributed by atoms with Crippen LogP contribution in [0.5, 0.6) is 5.75 Å². The largest absolute Gasteiger partial charge is 0.502 e. The minimum absolute atomic E-state index is 0.167. The Labute approximate surface area is 120 Å². The molecule has 1 N–H and O–H groups in total. The minimum atomic E-state index is -1.24. The summed E-state index contributed by atoms with van der Waals surface area (Å²) in [6.45, 7) is 0. The van der Waals surface area contributed by atoms with Crippen LogP contribution in [0.2, 0.25) is 0 Å². The Morgan fingerprint density at radius 2 is 1.64 bits per heavy atom. The van der Waals surface area contributed by atoms with Crippen LogP contribution in [-0.4, -0.2) is 5.11 Å². The van der Waals surface area contributed by atoms with Gasteiger partial charge in [0.1, 0.15) is 5.82 Å². The van der Waals surface area contributed by atoms with Crippen molar-refractivity contribution in [3.63, 3.8) is 0 Å². The molecule has 2 aromatic carbocycles. The van der Waals surface area contributed by atoms with E-state index in [1.54, 1.807) is 0 Å². The summed E-state index contributed by atoms with van der Waals surface area (Å²) in [5.41, 5.74) is -1.84. The Morgan fingerprint density at radius 1 is 0.909 bits per heavy atom. The van der Waals surface area contributed by atoms with Gasteiger partial charge in [-0.15, -0.1) is 0 Å². The summed E-state index contributed by atoms with van der Waals surface area (Å²) in [4.78, 5) is 12.0. The molecule has 112 valence electrons. The van der Waals surface area contributed by atoms with Crippen molar-refractivity contribution in [2.45, 2.75) is 0 Å². The predicted octanol–water partition coefficient (Wildman–Crippen LogP) is 3.72. The Balaban J connectivity index is 2.38. The van der Waals surface area contributed by atoms with E-state index in [1.165, 1.54) is 0 Å². The summed E-state index contributed by atoms with van der Waals surface area (Å²) >= 11 is 0. The second-order valence-corrected chi connectivity index (χ2v) is 4.50. The quantitative estimate of drug-likeness (QED) is 0.697. The fourth-order valence-corrected chi connectivity index (χ4v) is 2.05. The first-order valence-electron chi connectivity index (χ1n) is 5.98. The summed E-state index contributed by atoms with van der Waals surface area (Å²) < 4.78 is 58.1. The van der Waals surface area contributed by atoms with Gasteiger partial charge in [-0.05, 0) is 24.3 Å². The summed E-state index contributed by atoms with van der Waals surface area (Å²) in [5, 5.41) is 9.32. The van der Waals surface area contributed by atoms with Gasteiger partial charge < -0.3 is 9.52 Å². The van der Waals surface area contributed by atoms with Crippen LogP contribution in [0.4, 0.5) is 17.6 Å². The fourth-order valence-electron chi connectivity index (χ4n) is 2.05. The number of hydrogen-bond donors (Lipinski definition) is 1. The lowest BCUT2D eigenvalue weighted by Crippen LogP contribution is -2.04. The van der Waals surface area contributed by atoms with Crippen LogP contribution < -0.4 is 5.43 Å². The van der Waals surface area contributed by atoms with Gasteiger partial charge in [-0.2, -0.15) is 0 Å². The molecule has 1 aromatic heterocycles. The Hall–Kier alpha value is -2.83. The molecule has 0 bridgehead atoms. The van der Waals surface area contributed by atoms with Crippen molar-refractivity contribution in [2.24, 2.45) is 0 Å². The molecule has 0 fully saturated rings. The molecular weight excluding hydrogens is 304 g/mol. The highest BCUT2D eigenvalue weighted by Gasteiger charge is 2.19. The third kappa shape index (κ3) is 2.11. The van der Waals surface area contributed by atoms with Crippen LogP contribution in [0.1, 0.15) is 0 Å². The van der Waals surface area contributed by atoms with Crippen LogP contribution in [0, 0.1) is 23.3 Å². The second-order valence-electron chi connectivity index (χ2n) is 4.50. The first-order valence-corrected chi connectivity index (χ1v) is 5.98.